The molecule has 3 rings (SSSR count). The maximum absolute atomic E-state index is 12.2. The van der Waals surface area contributed by atoms with Gasteiger partial charge >= 0.3 is 5.97 Å². The third-order valence-electron chi connectivity index (χ3n) is 3.84. The fourth-order valence-corrected chi connectivity index (χ4v) is 3.79. The van der Waals surface area contributed by atoms with Crippen LogP contribution in [0.3, 0.4) is 0 Å². The van der Waals surface area contributed by atoms with Crippen LogP contribution in [0.1, 0.15) is 11.1 Å². The van der Waals surface area contributed by atoms with Crippen molar-refractivity contribution in [2.75, 3.05) is 19.8 Å². The maximum atomic E-state index is 12.2. The van der Waals surface area contributed by atoms with Crippen molar-refractivity contribution in [3.05, 3.63) is 52.0 Å². The summed E-state index contributed by atoms with van der Waals surface area (Å²) >= 11 is 3.39. The first-order chi connectivity index (χ1) is 12.8. The van der Waals surface area contributed by atoms with Gasteiger partial charge in [0.2, 0.25) is 10.0 Å². The Morgan fingerprint density at radius 3 is 2.44 bits per heavy atom. The number of fused-ring (bicyclic) bond motifs is 1. The molecule has 2 aromatic carbocycles. The number of aryl methyl sites for hydroxylation is 1. The normalized spacial score (nSPS) is 13.3. The molecule has 144 valence electrons. The van der Waals surface area contributed by atoms with Crippen molar-refractivity contribution in [1.29, 1.82) is 0 Å². The molecule has 0 atom stereocenters. The molecule has 0 saturated carbocycles. The maximum Gasteiger partial charge on any atom is 0.321 e. The number of carbonyl (C=O) groups is 1. The molecule has 0 spiro atoms. The van der Waals surface area contributed by atoms with Gasteiger partial charge in [-0.2, -0.15) is 4.72 Å². The third kappa shape index (κ3) is 5.00. The number of ether oxygens (including phenoxy) is 3. The van der Waals surface area contributed by atoms with E-state index in [1.54, 1.807) is 24.3 Å². The van der Waals surface area contributed by atoms with Crippen LogP contribution < -0.4 is 14.2 Å². The van der Waals surface area contributed by atoms with E-state index < -0.39 is 22.5 Å². The van der Waals surface area contributed by atoms with Crippen LogP contribution in [0.25, 0.3) is 0 Å². The summed E-state index contributed by atoms with van der Waals surface area (Å²) in [6, 6.07) is 9.81. The lowest BCUT2D eigenvalue weighted by Gasteiger charge is -2.19. The largest absolute Gasteiger partial charge is 0.486 e. The van der Waals surface area contributed by atoms with E-state index >= 15 is 0 Å². The number of carbonyl (C=O) groups excluding carboxylic acids is 1. The second kappa shape index (κ2) is 8.28. The minimum Gasteiger partial charge on any atom is -0.486 e. The molecule has 0 amide bonds. The first-order valence-electron chi connectivity index (χ1n) is 8.15. The van der Waals surface area contributed by atoms with Gasteiger partial charge in [0, 0.05) is 10.0 Å². The van der Waals surface area contributed by atoms with Crippen molar-refractivity contribution in [2.45, 2.75) is 18.4 Å². The molecule has 0 bridgehead atoms. The predicted molar refractivity (Wildman–Crippen MR) is 101 cm³/mol. The van der Waals surface area contributed by atoms with Gasteiger partial charge in [-0.05, 0) is 31.2 Å². The number of rotatable bonds is 6. The molecule has 0 saturated heterocycles. The monoisotopic (exact) mass is 455 g/mol. The highest BCUT2D eigenvalue weighted by molar-refractivity contribution is 9.10. The highest BCUT2D eigenvalue weighted by Gasteiger charge is 2.18. The number of halogens is 1. The van der Waals surface area contributed by atoms with Gasteiger partial charge in [-0.15, -0.1) is 0 Å². The van der Waals surface area contributed by atoms with Crippen molar-refractivity contribution in [3.8, 4) is 11.5 Å². The molecular formula is C18H18BrNO6S. The molecular weight excluding hydrogens is 438 g/mol. The predicted octanol–water partition coefficient (Wildman–Crippen LogP) is 2.55. The first-order valence-corrected chi connectivity index (χ1v) is 10.4. The van der Waals surface area contributed by atoms with Crippen LogP contribution in [0.15, 0.2) is 45.8 Å². The average molecular weight is 456 g/mol. The van der Waals surface area contributed by atoms with Crippen LogP contribution in [0.4, 0.5) is 0 Å². The molecule has 2 aromatic rings. The van der Waals surface area contributed by atoms with Crippen LogP contribution in [-0.4, -0.2) is 34.1 Å². The molecule has 1 aliphatic rings. The number of hydrogen-bond acceptors (Lipinski definition) is 6. The lowest BCUT2D eigenvalue weighted by Crippen LogP contribution is -2.30. The van der Waals surface area contributed by atoms with Crippen molar-refractivity contribution in [2.24, 2.45) is 0 Å². The Labute approximate surface area is 165 Å². The summed E-state index contributed by atoms with van der Waals surface area (Å²) in [5.41, 5.74) is 1.63. The minimum atomic E-state index is -3.77. The van der Waals surface area contributed by atoms with Gasteiger partial charge in [-0.1, -0.05) is 33.6 Å². The zero-order chi connectivity index (χ0) is 19.4. The van der Waals surface area contributed by atoms with Gasteiger partial charge in [0.15, 0.2) is 11.5 Å². The molecule has 0 fully saturated rings. The highest BCUT2D eigenvalue weighted by Crippen LogP contribution is 2.35. The summed E-state index contributed by atoms with van der Waals surface area (Å²) in [5.74, 6) is 0.511. The van der Waals surface area contributed by atoms with Crippen LogP contribution in [0, 0.1) is 6.92 Å². The fraction of sp³-hybridized carbons (Fsp3) is 0.278. The molecule has 27 heavy (non-hydrogen) atoms. The Kier molecular flexibility index (Phi) is 6.03. The Balaban J connectivity index is 1.56. The molecule has 9 heteroatoms. The lowest BCUT2D eigenvalue weighted by atomic mass is 10.2. The standard InChI is InChI=1S/C18H18BrNO6S/c1-12-2-4-14(5-3-12)27(22,23)20-10-18(21)26-11-13-8-16-17(9-15(13)19)25-7-6-24-16/h2-5,8-9,20H,6-7,10-11H2,1H3. The van der Waals surface area contributed by atoms with Gasteiger partial charge in [0.25, 0.3) is 0 Å². The molecule has 0 unspecified atom stereocenters. The third-order valence-corrected chi connectivity index (χ3v) is 5.99. The molecule has 0 aromatic heterocycles. The minimum absolute atomic E-state index is 0.0255. The smallest absolute Gasteiger partial charge is 0.321 e. The van der Waals surface area contributed by atoms with Crippen LogP contribution in [0.2, 0.25) is 0 Å². The van der Waals surface area contributed by atoms with Crippen molar-refractivity contribution in [1.82, 2.24) is 4.72 Å². The average Bonchev–Trinajstić information content (AvgIpc) is 2.65. The Bertz CT molecular complexity index is 943. The second-order valence-corrected chi connectivity index (χ2v) is 8.51. The number of hydrogen-bond donors (Lipinski definition) is 1. The first kappa shape index (κ1) is 19.7. The molecule has 0 aliphatic carbocycles. The lowest BCUT2D eigenvalue weighted by molar-refractivity contribution is -0.143. The quantitative estimate of drug-likeness (QED) is 0.672. The fourth-order valence-electron chi connectivity index (χ4n) is 2.38. The zero-order valence-electron chi connectivity index (χ0n) is 14.5. The van der Waals surface area contributed by atoms with E-state index in [9.17, 15) is 13.2 Å². The van der Waals surface area contributed by atoms with E-state index in [1.807, 2.05) is 6.92 Å². The van der Waals surface area contributed by atoms with E-state index in [0.29, 0.717) is 34.7 Å². The summed E-state index contributed by atoms with van der Waals surface area (Å²) in [4.78, 5) is 12.0. The van der Waals surface area contributed by atoms with Gasteiger partial charge in [-0.25, -0.2) is 8.42 Å². The summed E-state index contributed by atoms with van der Waals surface area (Å²) in [7, 11) is -3.77. The van der Waals surface area contributed by atoms with E-state index in [4.69, 9.17) is 14.2 Å². The van der Waals surface area contributed by atoms with Gasteiger partial charge in [-0.3, -0.25) is 4.79 Å². The van der Waals surface area contributed by atoms with Gasteiger partial charge in [0.05, 0.1) is 4.90 Å². The number of esters is 1. The molecule has 1 aliphatic heterocycles. The topological polar surface area (TPSA) is 90.9 Å². The second-order valence-electron chi connectivity index (χ2n) is 5.89. The molecule has 1 heterocycles. The van der Waals surface area contributed by atoms with E-state index in [1.165, 1.54) is 12.1 Å². The van der Waals surface area contributed by atoms with Crippen LogP contribution in [0.5, 0.6) is 11.5 Å². The van der Waals surface area contributed by atoms with Crippen molar-refractivity contribution >= 4 is 31.9 Å². The van der Waals surface area contributed by atoms with Gasteiger partial charge in [0.1, 0.15) is 26.4 Å². The molecule has 0 radical (unpaired) electrons. The number of sulfonamides is 1. The summed E-state index contributed by atoms with van der Waals surface area (Å²) in [6.07, 6.45) is 0. The SMILES string of the molecule is Cc1ccc(S(=O)(=O)NCC(=O)OCc2cc3c(cc2Br)OCCO3)cc1. The summed E-state index contributed by atoms with van der Waals surface area (Å²) in [6.45, 7) is 2.31. The Hall–Kier alpha value is -2.10. The van der Waals surface area contributed by atoms with Crippen LogP contribution >= 0.6 is 15.9 Å². The zero-order valence-corrected chi connectivity index (χ0v) is 16.9. The molecule has 1 N–H and O–H groups in total. The van der Waals surface area contributed by atoms with Crippen LogP contribution in [-0.2, 0) is 26.2 Å². The van der Waals surface area contributed by atoms with Gasteiger partial charge < -0.3 is 14.2 Å². The van der Waals surface area contributed by atoms with Crippen molar-refractivity contribution in [3.63, 3.8) is 0 Å². The Morgan fingerprint density at radius 2 is 1.78 bits per heavy atom. The molecule has 7 nitrogen and oxygen atoms in total. The van der Waals surface area contributed by atoms with E-state index in [2.05, 4.69) is 20.7 Å². The summed E-state index contributed by atoms with van der Waals surface area (Å²) in [5, 5.41) is 0. The Morgan fingerprint density at radius 1 is 1.15 bits per heavy atom. The number of benzene rings is 2. The summed E-state index contributed by atoms with van der Waals surface area (Å²) < 4.78 is 43.4. The van der Waals surface area contributed by atoms with E-state index in [0.717, 1.165) is 5.56 Å². The van der Waals surface area contributed by atoms with E-state index in [-0.39, 0.29) is 11.5 Å². The highest BCUT2D eigenvalue weighted by atomic mass is 79.9. The van der Waals surface area contributed by atoms with Crippen molar-refractivity contribution < 1.29 is 27.4 Å². The number of nitrogens with one attached hydrogen (secondary N) is 1.